The second kappa shape index (κ2) is 6.01. The summed E-state index contributed by atoms with van der Waals surface area (Å²) < 4.78 is 23.5. The van der Waals surface area contributed by atoms with Crippen molar-refractivity contribution in [3.63, 3.8) is 0 Å². The van der Waals surface area contributed by atoms with E-state index in [2.05, 4.69) is 5.32 Å². The summed E-state index contributed by atoms with van der Waals surface area (Å²) in [4.78, 5) is 0. The van der Waals surface area contributed by atoms with Crippen LogP contribution in [0.15, 0.2) is 0 Å². The first-order valence-corrected chi connectivity index (χ1v) is 8.07. The molecule has 0 bridgehead atoms. The Labute approximate surface area is 99.9 Å². The molecule has 0 aromatic rings. The Balaban J connectivity index is 2.47. The van der Waals surface area contributed by atoms with E-state index in [9.17, 15) is 8.42 Å². The Morgan fingerprint density at radius 2 is 1.88 bits per heavy atom. The Morgan fingerprint density at radius 1 is 1.25 bits per heavy atom. The fourth-order valence-electron chi connectivity index (χ4n) is 2.48. The van der Waals surface area contributed by atoms with Gasteiger partial charge in [-0.15, -0.1) is 0 Å². The normalized spacial score (nSPS) is 27.2. The highest BCUT2D eigenvalue weighted by Gasteiger charge is 2.26. The van der Waals surface area contributed by atoms with Gasteiger partial charge in [0.1, 0.15) is 0 Å². The highest BCUT2D eigenvalue weighted by atomic mass is 32.2. The lowest BCUT2D eigenvalue weighted by molar-refractivity contribution is 0.268. The zero-order valence-corrected chi connectivity index (χ0v) is 11.5. The molecule has 96 valence electrons. The fraction of sp³-hybridized carbons (Fsp3) is 1.00. The lowest BCUT2D eigenvalue weighted by Crippen LogP contribution is -2.37. The monoisotopic (exact) mass is 247 g/mol. The molecule has 1 rings (SSSR count). The number of sulfone groups is 1. The average molecular weight is 247 g/mol. The van der Waals surface area contributed by atoms with Gasteiger partial charge in [-0.1, -0.05) is 12.8 Å². The summed E-state index contributed by atoms with van der Waals surface area (Å²) in [6, 6.07) is 0.524. The van der Waals surface area contributed by atoms with Crippen LogP contribution in [-0.2, 0) is 9.84 Å². The standard InChI is InChI=1S/C12H25NO2S/c1-10(2)16(14,15)9-8-11-6-4-5-7-12(11)13-3/h10-13H,4-9H2,1-3H3. The molecule has 2 atom stereocenters. The molecule has 1 fully saturated rings. The first-order chi connectivity index (χ1) is 7.47. The molecule has 1 saturated carbocycles. The molecule has 2 unspecified atom stereocenters. The second-order valence-electron chi connectivity index (χ2n) is 5.14. The van der Waals surface area contributed by atoms with Crippen LogP contribution in [0.2, 0.25) is 0 Å². The largest absolute Gasteiger partial charge is 0.317 e. The van der Waals surface area contributed by atoms with Crippen LogP contribution < -0.4 is 5.32 Å². The van der Waals surface area contributed by atoms with Crippen molar-refractivity contribution in [2.75, 3.05) is 12.8 Å². The van der Waals surface area contributed by atoms with E-state index in [0.29, 0.717) is 17.7 Å². The zero-order chi connectivity index (χ0) is 12.2. The topological polar surface area (TPSA) is 46.2 Å². The van der Waals surface area contributed by atoms with Crippen molar-refractivity contribution < 1.29 is 8.42 Å². The zero-order valence-electron chi connectivity index (χ0n) is 10.7. The predicted molar refractivity (Wildman–Crippen MR) is 68.3 cm³/mol. The molecule has 0 aromatic carbocycles. The van der Waals surface area contributed by atoms with E-state index < -0.39 is 9.84 Å². The molecular weight excluding hydrogens is 222 g/mol. The summed E-state index contributed by atoms with van der Waals surface area (Å²) >= 11 is 0. The molecule has 3 nitrogen and oxygen atoms in total. The smallest absolute Gasteiger partial charge is 0.152 e. The van der Waals surface area contributed by atoms with Gasteiger partial charge < -0.3 is 5.32 Å². The number of nitrogens with one attached hydrogen (secondary N) is 1. The Kier molecular flexibility index (Phi) is 5.25. The molecule has 1 N–H and O–H groups in total. The molecule has 1 aliphatic carbocycles. The minimum Gasteiger partial charge on any atom is -0.317 e. The minimum absolute atomic E-state index is 0.232. The molecule has 4 heteroatoms. The van der Waals surface area contributed by atoms with Gasteiger partial charge in [-0.2, -0.15) is 0 Å². The maximum Gasteiger partial charge on any atom is 0.152 e. The van der Waals surface area contributed by atoms with E-state index in [4.69, 9.17) is 0 Å². The molecule has 0 aliphatic heterocycles. The van der Waals surface area contributed by atoms with Crippen LogP contribution in [-0.4, -0.2) is 32.5 Å². The summed E-state index contributed by atoms with van der Waals surface area (Å²) in [5.74, 6) is 0.903. The van der Waals surface area contributed by atoms with Gasteiger partial charge in [0.2, 0.25) is 0 Å². The van der Waals surface area contributed by atoms with E-state index >= 15 is 0 Å². The molecule has 0 aromatic heterocycles. The third-order valence-electron chi connectivity index (χ3n) is 3.77. The van der Waals surface area contributed by atoms with Crippen LogP contribution in [0.3, 0.4) is 0 Å². The van der Waals surface area contributed by atoms with E-state index in [1.807, 2.05) is 7.05 Å². The van der Waals surface area contributed by atoms with Crippen molar-refractivity contribution in [3.8, 4) is 0 Å². The van der Waals surface area contributed by atoms with Crippen molar-refractivity contribution in [1.29, 1.82) is 0 Å². The van der Waals surface area contributed by atoms with E-state index in [1.165, 1.54) is 25.7 Å². The molecule has 1 aliphatic rings. The third kappa shape index (κ3) is 3.74. The Bertz CT molecular complexity index is 298. The molecular formula is C12H25NO2S. The van der Waals surface area contributed by atoms with Crippen molar-refractivity contribution in [2.24, 2.45) is 5.92 Å². The summed E-state index contributed by atoms with van der Waals surface area (Å²) in [5.41, 5.74) is 0. The van der Waals surface area contributed by atoms with Crippen molar-refractivity contribution in [3.05, 3.63) is 0 Å². The van der Waals surface area contributed by atoms with Gasteiger partial charge in [-0.3, -0.25) is 0 Å². The van der Waals surface area contributed by atoms with Gasteiger partial charge in [-0.25, -0.2) is 8.42 Å². The van der Waals surface area contributed by atoms with Gasteiger partial charge in [-0.05, 0) is 46.1 Å². The number of hydrogen-bond acceptors (Lipinski definition) is 3. The summed E-state index contributed by atoms with van der Waals surface area (Å²) in [7, 11) is -0.871. The van der Waals surface area contributed by atoms with Crippen LogP contribution in [0.5, 0.6) is 0 Å². The van der Waals surface area contributed by atoms with Gasteiger partial charge >= 0.3 is 0 Å². The van der Waals surface area contributed by atoms with Crippen LogP contribution in [0.25, 0.3) is 0 Å². The molecule has 0 spiro atoms. The molecule has 0 saturated heterocycles. The van der Waals surface area contributed by atoms with Gasteiger partial charge in [0.05, 0.1) is 11.0 Å². The number of rotatable bonds is 5. The predicted octanol–water partition coefficient (Wildman–Crippen LogP) is 1.98. The van der Waals surface area contributed by atoms with E-state index in [1.54, 1.807) is 13.8 Å². The molecule has 0 radical (unpaired) electrons. The van der Waals surface area contributed by atoms with Crippen LogP contribution >= 0.6 is 0 Å². The third-order valence-corrected chi connectivity index (χ3v) is 6.01. The summed E-state index contributed by atoms with van der Waals surface area (Å²) in [5, 5.41) is 3.09. The minimum atomic E-state index is -2.86. The summed E-state index contributed by atoms with van der Waals surface area (Å²) in [6.07, 6.45) is 5.73. The lowest BCUT2D eigenvalue weighted by atomic mass is 9.83. The molecule has 0 amide bonds. The highest BCUT2D eigenvalue weighted by Crippen LogP contribution is 2.27. The van der Waals surface area contributed by atoms with E-state index in [0.717, 1.165) is 6.42 Å². The number of hydrogen-bond donors (Lipinski definition) is 1. The quantitative estimate of drug-likeness (QED) is 0.808. The fourth-order valence-corrected chi connectivity index (χ4v) is 3.59. The Hall–Kier alpha value is -0.0900. The first-order valence-electron chi connectivity index (χ1n) is 6.36. The van der Waals surface area contributed by atoms with Gasteiger partial charge in [0.15, 0.2) is 9.84 Å². The lowest BCUT2D eigenvalue weighted by Gasteiger charge is -2.31. The maximum absolute atomic E-state index is 11.7. The Morgan fingerprint density at radius 3 is 2.44 bits per heavy atom. The van der Waals surface area contributed by atoms with Crippen molar-refractivity contribution in [1.82, 2.24) is 5.32 Å². The average Bonchev–Trinajstić information content (AvgIpc) is 2.26. The van der Waals surface area contributed by atoms with Crippen LogP contribution in [0.4, 0.5) is 0 Å². The first kappa shape index (κ1) is 14.0. The van der Waals surface area contributed by atoms with Crippen molar-refractivity contribution in [2.45, 2.75) is 57.2 Å². The van der Waals surface area contributed by atoms with Gasteiger partial charge in [0, 0.05) is 6.04 Å². The highest BCUT2D eigenvalue weighted by molar-refractivity contribution is 7.91. The van der Waals surface area contributed by atoms with Crippen molar-refractivity contribution >= 4 is 9.84 Å². The second-order valence-corrected chi connectivity index (χ2v) is 7.82. The SMILES string of the molecule is CNC1CCCCC1CCS(=O)(=O)C(C)C. The molecule has 0 heterocycles. The van der Waals surface area contributed by atoms with Gasteiger partial charge in [0.25, 0.3) is 0 Å². The van der Waals surface area contributed by atoms with Crippen LogP contribution in [0.1, 0.15) is 46.0 Å². The van der Waals surface area contributed by atoms with Crippen LogP contribution in [0, 0.1) is 5.92 Å². The van der Waals surface area contributed by atoms with E-state index in [-0.39, 0.29) is 5.25 Å². The maximum atomic E-state index is 11.7. The molecule has 16 heavy (non-hydrogen) atoms. The summed E-state index contributed by atoms with van der Waals surface area (Å²) in [6.45, 7) is 3.54.